The van der Waals surface area contributed by atoms with E-state index in [1.165, 1.54) is 4.90 Å². The lowest BCUT2D eigenvalue weighted by Crippen LogP contribution is -2.29. The number of carbonyl (C=O) groups excluding carboxylic acids is 2. The molecule has 5 rings (SSSR count). The minimum Gasteiger partial charge on any atom is -0.457 e. The van der Waals surface area contributed by atoms with E-state index < -0.39 is 0 Å². The summed E-state index contributed by atoms with van der Waals surface area (Å²) in [7, 11) is 0. The first kappa shape index (κ1) is 16.3. The third-order valence-electron chi connectivity index (χ3n) is 4.83. The Kier molecular flexibility index (Phi) is 3.69. The maximum atomic E-state index is 13.0. The van der Waals surface area contributed by atoms with Crippen molar-refractivity contribution in [3.8, 4) is 11.5 Å². The Morgan fingerprint density at radius 2 is 1.29 bits per heavy atom. The number of carbonyl (C=O) groups is 2. The maximum Gasteiger partial charge on any atom is 0.266 e. The third-order valence-corrected chi connectivity index (χ3v) is 4.83. The smallest absolute Gasteiger partial charge is 0.266 e. The molecule has 0 saturated carbocycles. The van der Waals surface area contributed by atoms with Crippen LogP contribution in [-0.4, -0.2) is 11.8 Å². The van der Waals surface area contributed by atoms with Crippen molar-refractivity contribution in [1.29, 1.82) is 0 Å². The van der Waals surface area contributed by atoms with Gasteiger partial charge in [-0.2, -0.15) is 0 Å². The Bertz CT molecular complexity index is 1230. The quantitative estimate of drug-likeness (QED) is 0.455. The number of anilines is 1. The van der Waals surface area contributed by atoms with Crippen molar-refractivity contribution in [1.82, 2.24) is 0 Å². The summed E-state index contributed by atoms with van der Waals surface area (Å²) >= 11 is 0. The molecule has 0 unspecified atom stereocenters. The van der Waals surface area contributed by atoms with Gasteiger partial charge < -0.3 is 4.74 Å². The van der Waals surface area contributed by atoms with Gasteiger partial charge in [0.2, 0.25) is 0 Å². The van der Waals surface area contributed by atoms with Crippen molar-refractivity contribution in [2.75, 3.05) is 4.90 Å². The van der Waals surface area contributed by atoms with Gasteiger partial charge in [0.25, 0.3) is 11.8 Å². The summed E-state index contributed by atoms with van der Waals surface area (Å²) in [4.78, 5) is 27.1. The predicted octanol–water partition coefficient (Wildman–Crippen LogP) is 5.43. The number of fused-ring (bicyclic) bond motifs is 2. The zero-order valence-corrected chi connectivity index (χ0v) is 14.8. The highest BCUT2D eigenvalue weighted by Crippen LogP contribution is 2.33. The molecular formula is C24H15NO3. The molecule has 0 radical (unpaired) electrons. The number of nitrogens with zero attached hydrogens (tertiary/aromatic N) is 1. The number of ether oxygens (including phenoxy) is 1. The van der Waals surface area contributed by atoms with E-state index in [-0.39, 0.29) is 11.8 Å². The van der Waals surface area contributed by atoms with E-state index in [0.29, 0.717) is 28.3 Å². The van der Waals surface area contributed by atoms with Crippen molar-refractivity contribution in [2.24, 2.45) is 0 Å². The topological polar surface area (TPSA) is 46.6 Å². The molecule has 0 bridgehead atoms. The first-order valence-electron chi connectivity index (χ1n) is 8.95. The van der Waals surface area contributed by atoms with Gasteiger partial charge in [-0.3, -0.25) is 9.59 Å². The fourth-order valence-electron chi connectivity index (χ4n) is 3.46. The molecule has 0 aromatic heterocycles. The molecule has 134 valence electrons. The second kappa shape index (κ2) is 6.35. The Morgan fingerprint density at radius 1 is 0.571 bits per heavy atom. The van der Waals surface area contributed by atoms with E-state index in [2.05, 4.69) is 0 Å². The molecule has 28 heavy (non-hydrogen) atoms. The van der Waals surface area contributed by atoms with Crippen molar-refractivity contribution >= 4 is 28.3 Å². The molecule has 4 nitrogen and oxygen atoms in total. The normalized spacial score (nSPS) is 13.1. The van der Waals surface area contributed by atoms with Crippen LogP contribution >= 0.6 is 0 Å². The van der Waals surface area contributed by atoms with Crippen LogP contribution in [0.5, 0.6) is 11.5 Å². The number of rotatable bonds is 3. The van der Waals surface area contributed by atoms with Crippen molar-refractivity contribution in [3.63, 3.8) is 0 Å². The minimum absolute atomic E-state index is 0.318. The van der Waals surface area contributed by atoms with Crippen LogP contribution in [0.1, 0.15) is 20.7 Å². The fraction of sp³-hybridized carbons (Fsp3) is 0. The van der Waals surface area contributed by atoms with Crippen molar-refractivity contribution < 1.29 is 14.3 Å². The first-order chi connectivity index (χ1) is 13.7. The van der Waals surface area contributed by atoms with Crippen LogP contribution in [0.2, 0.25) is 0 Å². The maximum absolute atomic E-state index is 13.0. The summed E-state index contributed by atoms with van der Waals surface area (Å²) in [6.45, 7) is 0. The van der Waals surface area contributed by atoms with Crippen LogP contribution in [0.4, 0.5) is 5.69 Å². The van der Waals surface area contributed by atoms with E-state index in [1.54, 1.807) is 24.3 Å². The van der Waals surface area contributed by atoms with E-state index in [0.717, 1.165) is 10.8 Å². The molecule has 0 atom stereocenters. The molecular weight excluding hydrogens is 350 g/mol. The van der Waals surface area contributed by atoms with Crippen LogP contribution in [0.3, 0.4) is 0 Å². The third kappa shape index (κ3) is 2.63. The van der Waals surface area contributed by atoms with Gasteiger partial charge in [-0.25, -0.2) is 4.90 Å². The number of hydrogen-bond acceptors (Lipinski definition) is 3. The van der Waals surface area contributed by atoms with Crippen LogP contribution in [0, 0.1) is 0 Å². The first-order valence-corrected chi connectivity index (χ1v) is 8.95. The minimum atomic E-state index is -0.339. The number of amides is 2. The summed E-state index contributed by atoms with van der Waals surface area (Å²) in [6, 6.07) is 27.7. The fourth-order valence-corrected chi connectivity index (χ4v) is 3.46. The molecule has 0 fully saturated rings. The van der Waals surface area contributed by atoms with Crippen LogP contribution in [0.25, 0.3) is 10.8 Å². The highest BCUT2D eigenvalue weighted by molar-refractivity contribution is 6.34. The summed E-state index contributed by atoms with van der Waals surface area (Å²) in [5.41, 5.74) is 1.31. The molecule has 0 saturated heterocycles. The molecule has 0 aliphatic carbocycles. The van der Waals surface area contributed by atoms with E-state index in [4.69, 9.17) is 4.74 Å². The SMILES string of the molecule is O=C1c2ccc(Oc3ccccc3)cc2C(=O)N1c1ccc2ccccc2c1. The molecule has 0 N–H and O–H groups in total. The van der Waals surface area contributed by atoms with Gasteiger partial charge in [-0.1, -0.05) is 48.5 Å². The molecule has 4 heteroatoms. The number of hydrogen-bond donors (Lipinski definition) is 0. The molecule has 4 aromatic rings. The average molecular weight is 365 g/mol. The van der Waals surface area contributed by atoms with Crippen molar-refractivity contribution in [3.05, 3.63) is 102 Å². The van der Waals surface area contributed by atoms with E-state index in [1.807, 2.05) is 66.7 Å². The summed E-state index contributed by atoms with van der Waals surface area (Å²) in [5, 5.41) is 2.03. The molecule has 1 aliphatic heterocycles. The molecule has 4 aromatic carbocycles. The average Bonchev–Trinajstić information content (AvgIpc) is 2.98. The van der Waals surface area contributed by atoms with E-state index >= 15 is 0 Å². The van der Waals surface area contributed by atoms with Gasteiger partial charge in [-0.15, -0.1) is 0 Å². The van der Waals surface area contributed by atoms with Crippen molar-refractivity contribution in [2.45, 2.75) is 0 Å². The number of benzene rings is 4. The Balaban J connectivity index is 1.51. The Labute approximate surface area is 161 Å². The lowest BCUT2D eigenvalue weighted by molar-refractivity contribution is 0.0926. The number of imide groups is 1. The standard InChI is InChI=1S/C24H15NO3/c26-23-21-13-12-20(28-19-8-2-1-3-9-19)15-22(21)24(27)25(23)18-11-10-16-6-4-5-7-17(16)14-18/h1-15H. The Hall–Kier alpha value is -3.92. The van der Waals surface area contributed by atoms with Gasteiger partial charge in [0.1, 0.15) is 11.5 Å². The lowest BCUT2D eigenvalue weighted by Gasteiger charge is -2.14. The second-order valence-electron chi connectivity index (χ2n) is 6.60. The zero-order valence-electron chi connectivity index (χ0n) is 14.8. The van der Waals surface area contributed by atoms with Crippen LogP contribution in [0.15, 0.2) is 91.0 Å². The lowest BCUT2D eigenvalue weighted by atomic mass is 10.1. The number of para-hydroxylation sites is 1. The van der Waals surface area contributed by atoms with Crippen LogP contribution < -0.4 is 9.64 Å². The van der Waals surface area contributed by atoms with Crippen LogP contribution in [-0.2, 0) is 0 Å². The predicted molar refractivity (Wildman–Crippen MR) is 108 cm³/mol. The monoisotopic (exact) mass is 365 g/mol. The molecule has 0 spiro atoms. The summed E-state index contributed by atoms with van der Waals surface area (Å²) in [5.74, 6) is 0.535. The summed E-state index contributed by atoms with van der Waals surface area (Å²) in [6.07, 6.45) is 0. The highest BCUT2D eigenvalue weighted by atomic mass is 16.5. The van der Waals surface area contributed by atoms with Gasteiger partial charge >= 0.3 is 0 Å². The summed E-state index contributed by atoms with van der Waals surface area (Å²) < 4.78 is 5.80. The largest absolute Gasteiger partial charge is 0.457 e. The highest BCUT2D eigenvalue weighted by Gasteiger charge is 2.37. The molecule has 2 amide bonds. The molecule has 1 aliphatic rings. The van der Waals surface area contributed by atoms with Gasteiger partial charge in [0.05, 0.1) is 16.8 Å². The van der Waals surface area contributed by atoms with E-state index in [9.17, 15) is 9.59 Å². The van der Waals surface area contributed by atoms with Gasteiger partial charge in [0, 0.05) is 0 Å². The van der Waals surface area contributed by atoms with Gasteiger partial charge in [-0.05, 0) is 53.2 Å². The molecule has 1 heterocycles. The zero-order chi connectivity index (χ0) is 19.1. The Morgan fingerprint density at radius 3 is 2.11 bits per heavy atom. The second-order valence-corrected chi connectivity index (χ2v) is 6.60. The van der Waals surface area contributed by atoms with Gasteiger partial charge in [0.15, 0.2) is 0 Å².